The van der Waals surface area contributed by atoms with Crippen LogP contribution < -0.4 is 10.3 Å². The first-order valence-electron chi connectivity index (χ1n) is 9.45. The molecule has 0 radical (unpaired) electrons. The molecule has 2 aliphatic rings. The molecule has 29 heavy (non-hydrogen) atoms. The molecule has 156 valence electrons. The first-order chi connectivity index (χ1) is 13.9. The summed E-state index contributed by atoms with van der Waals surface area (Å²) < 4.78 is 44.3. The lowest BCUT2D eigenvalue weighted by molar-refractivity contribution is -0.00434. The number of aryl methyl sites for hydroxylation is 1. The fourth-order valence-electron chi connectivity index (χ4n) is 3.38. The summed E-state index contributed by atoms with van der Waals surface area (Å²) in [4.78, 5) is 17.5. The maximum absolute atomic E-state index is 12.9. The van der Waals surface area contributed by atoms with Crippen molar-refractivity contribution in [1.82, 2.24) is 14.5 Å². The van der Waals surface area contributed by atoms with Crippen molar-refractivity contribution in [1.29, 1.82) is 0 Å². The first-order valence-corrected chi connectivity index (χ1v) is 10.9. The van der Waals surface area contributed by atoms with Crippen molar-refractivity contribution < 1.29 is 22.1 Å². The molecule has 2 aliphatic heterocycles. The molecule has 0 amide bonds. The van der Waals surface area contributed by atoms with Crippen LogP contribution in [-0.2, 0) is 25.6 Å². The van der Waals surface area contributed by atoms with Gasteiger partial charge in [-0.25, -0.2) is 0 Å². The van der Waals surface area contributed by atoms with Gasteiger partial charge >= 0.3 is 0 Å². The van der Waals surface area contributed by atoms with Gasteiger partial charge in [0.25, 0.3) is 21.7 Å². The third-order valence-corrected chi connectivity index (χ3v) is 6.35. The standard InChI is InChI=1S/C19H23N3O6S/c1-14-2-4-15(5-3-14)29(24,25)28-17(12-21-8-10-26-11-9-21)16-13-22-7-6-18(23)20-19(22)27-16/h2-7,16-17H,8-13H2,1H3/t16-,17?/m0/s1. The second kappa shape index (κ2) is 8.23. The predicted molar refractivity (Wildman–Crippen MR) is 103 cm³/mol. The van der Waals surface area contributed by atoms with Gasteiger partial charge in [-0.1, -0.05) is 17.7 Å². The Labute approximate surface area is 169 Å². The van der Waals surface area contributed by atoms with Gasteiger partial charge in [0.05, 0.1) is 24.7 Å². The molecule has 0 saturated carbocycles. The highest BCUT2D eigenvalue weighted by Gasteiger charge is 2.36. The van der Waals surface area contributed by atoms with E-state index in [1.807, 2.05) is 6.92 Å². The first kappa shape index (κ1) is 20.0. The van der Waals surface area contributed by atoms with Crippen LogP contribution in [0.15, 0.2) is 46.2 Å². The van der Waals surface area contributed by atoms with E-state index in [2.05, 4.69) is 9.88 Å². The van der Waals surface area contributed by atoms with Crippen LogP contribution in [0.4, 0.5) is 0 Å². The number of nitrogens with zero attached hydrogens (tertiary/aromatic N) is 3. The van der Waals surface area contributed by atoms with Crippen molar-refractivity contribution in [2.45, 2.75) is 30.6 Å². The van der Waals surface area contributed by atoms with Gasteiger partial charge in [-0.3, -0.25) is 18.4 Å². The zero-order chi connectivity index (χ0) is 20.4. The number of ether oxygens (including phenoxy) is 2. The number of aromatic nitrogens is 2. The van der Waals surface area contributed by atoms with Crippen molar-refractivity contribution in [3.8, 4) is 6.01 Å². The molecule has 2 atom stereocenters. The molecule has 1 fully saturated rings. The molecule has 0 N–H and O–H groups in total. The van der Waals surface area contributed by atoms with Crippen LogP contribution in [0.5, 0.6) is 6.01 Å². The van der Waals surface area contributed by atoms with E-state index >= 15 is 0 Å². The summed E-state index contributed by atoms with van der Waals surface area (Å²) in [6.45, 7) is 5.12. The summed E-state index contributed by atoms with van der Waals surface area (Å²) in [7, 11) is -3.99. The molecule has 0 aliphatic carbocycles. The van der Waals surface area contributed by atoms with Gasteiger partial charge in [-0.15, -0.1) is 0 Å². The molecular weight excluding hydrogens is 398 g/mol. The Morgan fingerprint density at radius 1 is 1.21 bits per heavy atom. The largest absolute Gasteiger partial charge is 0.456 e. The summed E-state index contributed by atoms with van der Waals surface area (Å²) in [5.74, 6) is 0. The number of hydrogen-bond acceptors (Lipinski definition) is 8. The summed E-state index contributed by atoms with van der Waals surface area (Å²) >= 11 is 0. The van der Waals surface area contributed by atoms with Crippen LogP contribution in [0.3, 0.4) is 0 Å². The topological polar surface area (TPSA) is 100.0 Å². The minimum atomic E-state index is -3.99. The molecule has 9 nitrogen and oxygen atoms in total. The molecule has 2 aromatic rings. The van der Waals surface area contributed by atoms with E-state index in [4.69, 9.17) is 13.7 Å². The third kappa shape index (κ3) is 4.67. The summed E-state index contributed by atoms with van der Waals surface area (Å²) in [6, 6.07) is 8.03. The van der Waals surface area contributed by atoms with Gasteiger partial charge in [0.2, 0.25) is 0 Å². The van der Waals surface area contributed by atoms with E-state index in [0.29, 0.717) is 39.4 Å². The van der Waals surface area contributed by atoms with Crippen LogP contribution in [0.25, 0.3) is 0 Å². The van der Waals surface area contributed by atoms with Crippen molar-refractivity contribution in [3.63, 3.8) is 0 Å². The Morgan fingerprint density at radius 3 is 2.66 bits per heavy atom. The van der Waals surface area contributed by atoms with E-state index in [0.717, 1.165) is 5.56 Å². The van der Waals surface area contributed by atoms with Crippen molar-refractivity contribution in [2.75, 3.05) is 32.8 Å². The normalized spacial score (nSPS) is 20.8. The predicted octanol–water partition coefficient (Wildman–Crippen LogP) is 0.419. The average molecular weight is 421 g/mol. The smallest absolute Gasteiger partial charge is 0.300 e. The molecule has 1 unspecified atom stereocenters. The van der Waals surface area contributed by atoms with E-state index < -0.39 is 27.9 Å². The molecule has 3 heterocycles. The number of benzene rings is 1. The highest BCUT2D eigenvalue weighted by molar-refractivity contribution is 7.86. The van der Waals surface area contributed by atoms with Crippen molar-refractivity contribution in [3.05, 3.63) is 52.4 Å². The van der Waals surface area contributed by atoms with E-state index in [1.54, 1.807) is 22.9 Å². The van der Waals surface area contributed by atoms with Gasteiger partial charge < -0.3 is 9.47 Å². The monoisotopic (exact) mass is 421 g/mol. The summed E-state index contributed by atoms with van der Waals surface area (Å²) in [5, 5.41) is 0. The lowest BCUT2D eigenvalue weighted by atomic mass is 10.2. The molecule has 0 bridgehead atoms. The number of hydrogen-bond donors (Lipinski definition) is 0. The van der Waals surface area contributed by atoms with Crippen LogP contribution in [0.1, 0.15) is 5.56 Å². The summed E-state index contributed by atoms with van der Waals surface area (Å²) in [6.07, 6.45) is 0.230. The summed E-state index contributed by atoms with van der Waals surface area (Å²) in [5.41, 5.74) is 0.550. The Bertz CT molecular complexity index is 1010. The Balaban J connectivity index is 1.57. The van der Waals surface area contributed by atoms with Crippen molar-refractivity contribution in [2.24, 2.45) is 0 Å². The maximum Gasteiger partial charge on any atom is 0.300 e. The highest BCUT2D eigenvalue weighted by atomic mass is 32.2. The quantitative estimate of drug-likeness (QED) is 0.619. The zero-order valence-electron chi connectivity index (χ0n) is 16.1. The van der Waals surface area contributed by atoms with Crippen LogP contribution in [-0.4, -0.2) is 67.9 Å². The molecule has 1 aromatic carbocycles. The second-order valence-electron chi connectivity index (χ2n) is 7.17. The van der Waals surface area contributed by atoms with Gasteiger partial charge in [-0.05, 0) is 19.1 Å². The zero-order valence-corrected chi connectivity index (χ0v) is 16.9. The highest BCUT2D eigenvalue weighted by Crippen LogP contribution is 2.24. The fraction of sp³-hybridized carbons (Fsp3) is 0.474. The lowest BCUT2D eigenvalue weighted by Gasteiger charge is -2.31. The molecule has 10 heteroatoms. The van der Waals surface area contributed by atoms with Crippen LogP contribution in [0, 0.1) is 6.92 Å². The number of fused-ring (bicyclic) bond motifs is 1. The Morgan fingerprint density at radius 2 is 1.93 bits per heavy atom. The lowest BCUT2D eigenvalue weighted by Crippen LogP contribution is -2.47. The van der Waals surface area contributed by atoms with E-state index in [9.17, 15) is 13.2 Å². The molecular formula is C19H23N3O6S. The number of morpholine rings is 1. The van der Waals surface area contributed by atoms with Gasteiger partial charge in [0, 0.05) is 31.9 Å². The fourth-order valence-corrected chi connectivity index (χ4v) is 4.47. The average Bonchev–Trinajstić information content (AvgIpc) is 3.12. The molecule has 1 saturated heterocycles. The van der Waals surface area contributed by atoms with Gasteiger partial charge in [0.1, 0.15) is 12.2 Å². The molecule has 4 rings (SSSR count). The van der Waals surface area contributed by atoms with Crippen LogP contribution >= 0.6 is 0 Å². The SMILES string of the molecule is Cc1ccc(S(=O)(=O)OC(CN2CCOCC2)[C@@H]2Cn3ccc(=O)nc3O2)cc1. The molecule has 0 spiro atoms. The van der Waals surface area contributed by atoms with Crippen LogP contribution in [0.2, 0.25) is 0 Å². The maximum atomic E-state index is 12.9. The molecule has 1 aromatic heterocycles. The van der Waals surface area contributed by atoms with E-state index in [1.165, 1.54) is 18.2 Å². The Hall–Kier alpha value is -2.27. The van der Waals surface area contributed by atoms with Gasteiger partial charge in [0.15, 0.2) is 0 Å². The minimum absolute atomic E-state index is 0.0956. The second-order valence-corrected chi connectivity index (χ2v) is 8.74. The van der Waals surface area contributed by atoms with Crippen molar-refractivity contribution >= 4 is 10.1 Å². The minimum Gasteiger partial charge on any atom is -0.456 e. The van der Waals surface area contributed by atoms with Gasteiger partial charge in [-0.2, -0.15) is 13.4 Å². The third-order valence-electron chi connectivity index (χ3n) is 5.00. The number of rotatable bonds is 6. The Kier molecular flexibility index (Phi) is 5.68. The van der Waals surface area contributed by atoms with E-state index in [-0.39, 0.29) is 10.9 Å².